The molecule has 0 amide bonds. The topological polar surface area (TPSA) is 18.5 Å². The van der Waals surface area contributed by atoms with E-state index in [0.29, 0.717) is 10.6 Å². The molecule has 1 saturated heterocycles. The zero-order valence-electron chi connectivity index (χ0n) is 16.1. The van der Waals surface area contributed by atoms with Crippen LogP contribution in [0.5, 0.6) is 11.5 Å². The van der Waals surface area contributed by atoms with E-state index in [1.807, 2.05) is 41.7 Å². The fourth-order valence-electron chi connectivity index (χ4n) is 2.90. The largest absolute Gasteiger partial charge is 0.573 e. The normalized spacial score (nSPS) is 17.2. The van der Waals surface area contributed by atoms with Crippen molar-refractivity contribution in [1.82, 2.24) is 0 Å². The number of alkyl halides is 3. The van der Waals surface area contributed by atoms with Crippen LogP contribution in [0.4, 0.5) is 13.2 Å². The second-order valence-electron chi connectivity index (χ2n) is 6.39. The first-order valence-corrected chi connectivity index (χ1v) is 11.5. The first-order chi connectivity index (χ1) is 14.3. The summed E-state index contributed by atoms with van der Waals surface area (Å²) in [7, 11) is 1.64. The van der Waals surface area contributed by atoms with Crippen LogP contribution in [0.3, 0.4) is 0 Å². The van der Waals surface area contributed by atoms with Gasteiger partial charge in [0.15, 0.2) is 0 Å². The minimum Gasteiger partial charge on any atom is -0.497 e. The summed E-state index contributed by atoms with van der Waals surface area (Å²) >= 11 is 10.1. The molecule has 0 radical (unpaired) electrons. The summed E-state index contributed by atoms with van der Waals surface area (Å²) < 4.78 is 45.8. The van der Waals surface area contributed by atoms with Crippen LogP contribution in [-0.2, 0) is 4.08 Å². The average molecular weight is 473 g/mol. The number of benzene rings is 2. The third kappa shape index (κ3) is 6.15. The molecular formula is C22H20ClF3O2S2. The summed E-state index contributed by atoms with van der Waals surface area (Å²) in [4.78, 5) is 0. The number of hydrogen-bond donors (Lipinski definition) is 0. The van der Waals surface area contributed by atoms with Crippen LogP contribution >= 0.6 is 35.1 Å². The molecule has 1 fully saturated rings. The Balaban J connectivity index is 1.77. The van der Waals surface area contributed by atoms with E-state index < -0.39 is 6.36 Å². The summed E-state index contributed by atoms with van der Waals surface area (Å²) in [6.45, 7) is 0. The van der Waals surface area contributed by atoms with E-state index in [1.54, 1.807) is 13.2 Å². The van der Waals surface area contributed by atoms with Gasteiger partial charge in [-0.25, -0.2) is 0 Å². The van der Waals surface area contributed by atoms with Crippen LogP contribution in [0, 0.1) is 0 Å². The molecule has 0 bridgehead atoms. The summed E-state index contributed by atoms with van der Waals surface area (Å²) in [6, 6.07) is 13.5. The monoisotopic (exact) mass is 472 g/mol. The van der Waals surface area contributed by atoms with E-state index in [0.717, 1.165) is 23.7 Å². The fraction of sp³-hybridized carbons (Fsp3) is 0.273. The molecule has 0 atom stereocenters. The van der Waals surface area contributed by atoms with E-state index in [2.05, 4.69) is 22.9 Å². The van der Waals surface area contributed by atoms with Crippen LogP contribution in [-0.4, -0.2) is 25.0 Å². The van der Waals surface area contributed by atoms with Gasteiger partial charge in [0, 0.05) is 5.03 Å². The predicted molar refractivity (Wildman–Crippen MR) is 120 cm³/mol. The summed E-state index contributed by atoms with van der Waals surface area (Å²) in [5.74, 6) is 2.65. The zero-order chi connectivity index (χ0) is 21.6. The molecule has 0 unspecified atom stereocenters. The van der Waals surface area contributed by atoms with Gasteiger partial charge in [-0.3, -0.25) is 0 Å². The Labute approximate surface area is 187 Å². The van der Waals surface area contributed by atoms with Crippen molar-refractivity contribution >= 4 is 40.2 Å². The predicted octanol–water partition coefficient (Wildman–Crippen LogP) is 7.45. The molecule has 0 aromatic heterocycles. The number of halogens is 4. The lowest BCUT2D eigenvalue weighted by Crippen LogP contribution is -2.20. The minimum atomic E-state index is -4.71. The number of ether oxygens (including phenoxy) is 2. The van der Waals surface area contributed by atoms with Crippen LogP contribution in [0.25, 0.3) is 5.03 Å². The fourth-order valence-corrected chi connectivity index (χ4v) is 6.26. The molecule has 0 aliphatic carbocycles. The van der Waals surface area contributed by atoms with E-state index >= 15 is 0 Å². The van der Waals surface area contributed by atoms with Crippen molar-refractivity contribution < 1.29 is 22.6 Å². The summed E-state index contributed by atoms with van der Waals surface area (Å²) in [5, 5.41) is 0.431. The number of thioether (sulfide) groups is 2. The van der Waals surface area contributed by atoms with Gasteiger partial charge in [0.2, 0.25) is 0 Å². The van der Waals surface area contributed by atoms with Crippen molar-refractivity contribution in [2.45, 2.75) is 16.9 Å². The second-order valence-corrected chi connectivity index (χ2v) is 9.74. The Morgan fingerprint density at radius 1 is 1.00 bits per heavy atom. The molecule has 3 rings (SSSR count). The van der Waals surface area contributed by atoms with Gasteiger partial charge in [-0.2, -0.15) is 0 Å². The number of methoxy groups -OCH3 is 1. The molecule has 0 saturated carbocycles. The van der Waals surface area contributed by atoms with E-state index in [4.69, 9.17) is 16.3 Å². The molecule has 0 N–H and O–H groups in total. The molecule has 1 heterocycles. The molecule has 2 nitrogen and oxygen atoms in total. The van der Waals surface area contributed by atoms with E-state index in [1.165, 1.54) is 29.8 Å². The standard InChI is InChI=1S/C22H20ClF3O2S2/c1-27-18-11-7-17(8-12-18)21(29-14-3-15-30-21)13-2-4-20(23)16-5-9-19(10-6-16)28-22(24,25)26/h2,4-13H,3,14-15H2,1H3/b13-2+,20-4-. The van der Waals surface area contributed by atoms with Gasteiger partial charge in [-0.15, -0.1) is 36.7 Å². The maximum absolute atomic E-state index is 12.3. The SMILES string of the molecule is COc1ccc(C2(/C=C/C=C(\Cl)c3ccc(OC(F)(F)F)cc3)SCCCS2)cc1. The Morgan fingerprint density at radius 2 is 1.60 bits per heavy atom. The lowest BCUT2D eigenvalue weighted by molar-refractivity contribution is -0.274. The van der Waals surface area contributed by atoms with E-state index in [-0.39, 0.29) is 9.83 Å². The number of rotatable bonds is 6. The molecule has 2 aromatic carbocycles. The van der Waals surface area contributed by atoms with Crippen molar-refractivity contribution in [2.75, 3.05) is 18.6 Å². The van der Waals surface area contributed by atoms with Crippen molar-refractivity contribution in [1.29, 1.82) is 0 Å². The van der Waals surface area contributed by atoms with Gasteiger partial charge < -0.3 is 9.47 Å². The molecule has 30 heavy (non-hydrogen) atoms. The maximum Gasteiger partial charge on any atom is 0.573 e. The van der Waals surface area contributed by atoms with Crippen molar-refractivity contribution in [3.8, 4) is 11.5 Å². The Kier molecular flexibility index (Phi) is 7.71. The van der Waals surface area contributed by atoms with Crippen LogP contribution in [0.15, 0.2) is 66.8 Å². The molecule has 8 heteroatoms. The van der Waals surface area contributed by atoms with Gasteiger partial charge in [-0.05, 0) is 71.5 Å². The van der Waals surface area contributed by atoms with Crippen LogP contribution < -0.4 is 9.47 Å². The highest BCUT2D eigenvalue weighted by molar-refractivity contribution is 8.18. The van der Waals surface area contributed by atoms with Gasteiger partial charge in [0.05, 0.1) is 7.11 Å². The molecule has 1 aliphatic rings. The second kappa shape index (κ2) is 10.1. The third-order valence-corrected chi connectivity index (χ3v) is 7.97. The maximum atomic E-state index is 12.3. The molecule has 1 aliphatic heterocycles. The van der Waals surface area contributed by atoms with Gasteiger partial charge >= 0.3 is 6.36 Å². The Hall–Kier alpha value is -1.70. The Bertz CT molecular complexity index is 888. The first-order valence-electron chi connectivity index (χ1n) is 9.15. The first kappa shape index (κ1) is 23.0. The lowest BCUT2D eigenvalue weighted by atomic mass is 10.1. The van der Waals surface area contributed by atoms with Gasteiger partial charge in [0.1, 0.15) is 15.6 Å². The highest BCUT2D eigenvalue weighted by Gasteiger charge is 2.33. The highest BCUT2D eigenvalue weighted by Crippen LogP contribution is 2.51. The molecule has 0 spiro atoms. The highest BCUT2D eigenvalue weighted by atomic mass is 35.5. The lowest BCUT2D eigenvalue weighted by Gasteiger charge is -2.34. The quantitative estimate of drug-likeness (QED) is 0.406. The third-order valence-electron chi connectivity index (χ3n) is 4.34. The van der Waals surface area contributed by atoms with Crippen LogP contribution in [0.2, 0.25) is 0 Å². The number of hydrogen-bond acceptors (Lipinski definition) is 4. The molecular weight excluding hydrogens is 453 g/mol. The Morgan fingerprint density at radius 3 is 2.17 bits per heavy atom. The van der Waals surface area contributed by atoms with Gasteiger partial charge in [-0.1, -0.05) is 35.9 Å². The van der Waals surface area contributed by atoms with Crippen molar-refractivity contribution in [3.05, 3.63) is 77.9 Å². The number of allylic oxidation sites excluding steroid dienone is 2. The molecule has 2 aromatic rings. The molecule has 160 valence electrons. The van der Waals surface area contributed by atoms with Crippen molar-refractivity contribution in [3.63, 3.8) is 0 Å². The average Bonchev–Trinajstić information content (AvgIpc) is 2.74. The van der Waals surface area contributed by atoms with E-state index in [9.17, 15) is 13.2 Å². The summed E-state index contributed by atoms with van der Waals surface area (Å²) in [5.41, 5.74) is 1.78. The smallest absolute Gasteiger partial charge is 0.497 e. The van der Waals surface area contributed by atoms with Crippen LogP contribution in [0.1, 0.15) is 17.5 Å². The minimum absolute atomic E-state index is 0.220. The zero-order valence-corrected chi connectivity index (χ0v) is 18.5. The summed E-state index contributed by atoms with van der Waals surface area (Å²) in [6.07, 6.45) is 2.21. The van der Waals surface area contributed by atoms with Gasteiger partial charge in [0.25, 0.3) is 0 Å². The van der Waals surface area contributed by atoms with Crippen molar-refractivity contribution in [2.24, 2.45) is 0 Å².